The van der Waals surface area contributed by atoms with Crippen molar-refractivity contribution in [1.82, 2.24) is 14.5 Å². The van der Waals surface area contributed by atoms with Gasteiger partial charge in [-0.25, -0.2) is 9.18 Å². The van der Waals surface area contributed by atoms with Gasteiger partial charge in [0, 0.05) is 16.6 Å². The number of hydrogen-bond acceptors (Lipinski definition) is 4. The number of benzene rings is 2. The van der Waals surface area contributed by atoms with Crippen molar-refractivity contribution in [3.63, 3.8) is 0 Å². The van der Waals surface area contributed by atoms with E-state index < -0.39 is 23.0 Å². The average molecular weight is 492 g/mol. The number of rotatable bonds is 6. The van der Waals surface area contributed by atoms with E-state index in [1.54, 1.807) is 35.7 Å². The molecule has 0 bridgehead atoms. The maximum atomic E-state index is 13.2. The SMILES string of the molecule is O=C(Cn1c(=O)n(Cc2ccccc2Cl)c(=O)c2sccc21)NCc1ccc(F)cc1Cl. The molecule has 32 heavy (non-hydrogen) atoms. The van der Waals surface area contributed by atoms with Gasteiger partial charge in [-0.3, -0.25) is 18.7 Å². The summed E-state index contributed by atoms with van der Waals surface area (Å²) in [5.74, 6) is -0.930. The van der Waals surface area contributed by atoms with E-state index in [4.69, 9.17) is 23.2 Å². The molecule has 4 aromatic rings. The lowest BCUT2D eigenvalue weighted by Gasteiger charge is -2.13. The Hall–Kier alpha value is -2.94. The predicted octanol–water partition coefficient (Wildman–Crippen LogP) is 4.04. The van der Waals surface area contributed by atoms with Crippen LogP contribution in [0.1, 0.15) is 11.1 Å². The molecule has 0 saturated heterocycles. The fourth-order valence-electron chi connectivity index (χ4n) is 3.28. The summed E-state index contributed by atoms with van der Waals surface area (Å²) < 4.78 is 15.9. The molecule has 0 saturated carbocycles. The number of carbonyl (C=O) groups is 1. The highest BCUT2D eigenvalue weighted by Gasteiger charge is 2.17. The Kier molecular flexibility index (Phi) is 6.45. The lowest BCUT2D eigenvalue weighted by molar-refractivity contribution is -0.121. The van der Waals surface area contributed by atoms with Crippen molar-refractivity contribution in [3.05, 3.63) is 102 Å². The van der Waals surface area contributed by atoms with E-state index in [2.05, 4.69) is 5.32 Å². The molecule has 1 amide bonds. The van der Waals surface area contributed by atoms with E-state index in [9.17, 15) is 18.8 Å². The summed E-state index contributed by atoms with van der Waals surface area (Å²) >= 11 is 13.4. The Morgan fingerprint density at radius 1 is 1.00 bits per heavy atom. The highest BCUT2D eigenvalue weighted by Crippen LogP contribution is 2.19. The van der Waals surface area contributed by atoms with Crippen LogP contribution < -0.4 is 16.6 Å². The van der Waals surface area contributed by atoms with Crippen molar-refractivity contribution < 1.29 is 9.18 Å². The molecule has 0 fully saturated rings. The van der Waals surface area contributed by atoms with Crippen LogP contribution in [0.3, 0.4) is 0 Å². The van der Waals surface area contributed by atoms with Crippen molar-refractivity contribution >= 4 is 50.7 Å². The number of hydrogen-bond donors (Lipinski definition) is 1. The number of carbonyl (C=O) groups excluding carboxylic acids is 1. The van der Waals surface area contributed by atoms with E-state index in [1.807, 2.05) is 0 Å². The second kappa shape index (κ2) is 9.28. The number of nitrogens with zero attached hydrogens (tertiary/aromatic N) is 2. The number of thiophene rings is 1. The van der Waals surface area contributed by atoms with E-state index in [-0.39, 0.29) is 24.7 Å². The normalized spacial score (nSPS) is 11.1. The van der Waals surface area contributed by atoms with Crippen LogP contribution in [0.5, 0.6) is 0 Å². The van der Waals surface area contributed by atoms with Gasteiger partial charge < -0.3 is 5.32 Å². The third-order valence-corrected chi connectivity index (χ3v) is 6.53. The van der Waals surface area contributed by atoms with Gasteiger partial charge in [0.15, 0.2) is 0 Å². The highest BCUT2D eigenvalue weighted by atomic mass is 35.5. The second-order valence-electron chi connectivity index (χ2n) is 7.00. The van der Waals surface area contributed by atoms with Crippen molar-refractivity contribution in [2.75, 3.05) is 0 Å². The molecule has 4 rings (SSSR count). The lowest BCUT2D eigenvalue weighted by atomic mass is 10.2. The average Bonchev–Trinajstić information content (AvgIpc) is 3.25. The van der Waals surface area contributed by atoms with Crippen molar-refractivity contribution in [1.29, 1.82) is 0 Å². The van der Waals surface area contributed by atoms with Crippen LogP contribution in [0, 0.1) is 5.82 Å². The monoisotopic (exact) mass is 491 g/mol. The molecule has 0 radical (unpaired) electrons. The van der Waals surface area contributed by atoms with Gasteiger partial charge in [0.25, 0.3) is 5.56 Å². The molecule has 0 spiro atoms. The van der Waals surface area contributed by atoms with Crippen LogP contribution in [-0.4, -0.2) is 15.0 Å². The third kappa shape index (κ3) is 4.48. The van der Waals surface area contributed by atoms with Gasteiger partial charge in [0.2, 0.25) is 5.91 Å². The van der Waals surface area contributed by atoms with E-state index in [1.165, 1.54) is 28.0 Å². The molecule has 0 aliphatic heterocycles. The zero-order chi connectivity index (χ0) is 22.8. The first-order valence-corrected chi connectivity index (χ1v) is 11.1. The molecule has 0 atom stereocenters. The van der Waals surface area contributed by atoms with Gasteiger partial charge >= 0.3 is 5.69 Å². The summed E-state index contributed by atoms with van der Waals surface area (Å²) in [6.45, 7) is -0.246. The molecule has 1 N–H and O–H groups in total. The maximum Gasteiger partial charge on any atom is 0.332 e. The molecule has 10 heteroatoms. The molecular formula is C22H16Cl2FN3O3S. The number of amides is 1. The first-order valence-electron chi connectivity index (χ1n) is 9.50. The molecular weight excluding hydrogens is 476 g/mol. The molecule has 0 aliphatic carbocycles. The van der Waals surface area contributed by atoms with E-state index >= 15 is 0 Å². The molecule has 0 unspecified atom stereocenters. The Morgan fingerprint density at radius 2 is 1.78 bits per heavy atom. The fourth-order valence-corrected chi connectivity index (χ4v) is 4.55. The standard InChI is InChI=1S/C22H16Cl2FN3O3S/c23-16-4-2-1-3-14(16)11-28-21(30)20-18(7-8-32-20)27(22(28)31)12-19(29)26-10-13-5-6-15(25)9-17(13)24/h1-9H,10-12H2,(H,26,29). The predicted molar refractivity (Wildman–Crippen MR) is 124 cm³/mol. The number of fused-ring (bicyclic) bond motifs is 1. The second-order valence-corrected chi connectivity index (χ2v) is 8.73. The van der Waals surface area contributed by atoms with Crippen LogP contribution in [-0.2, 0) is 24.4 Å². The van der Waals surface area contributed by atoms with Crippen molar-refractivity contribution in [2.24, 2.45) is 0 Å². The van der Waals surface area contributed by atoms with Crippen LogP contribution in [0.25, 0.3) is 10.2 Å². The summed E-state index contributed by atoms with van der Waals surface area (Å²) in [4.78, 5) is 38.7. The molecule has 2 aromatic carbocycles. The van der Waals surface area contributed by atoms with Crippen LogP contribution >= 0.6 is 34.5 Å². The summed E-state index contributed by atoms with van der Waals surface area (Å²) in [6, 6.07) is 12.5. The van der Waals surface area contributed by atoms with Crippen LogP contribution in [0.15, 0.2) is 63.5 Å². The zero-order valence-electron chi connectivity index (χ0n) is 16.5. The molecule has 164 valence electrons. The number of aromatic nitrogens is 2. The summed E-state index contributed by atoms with van der Waals surface area (Å²) in [6.07, 6.45) is 0. The molecule has 2 aromatic heterocycles. The molecule has 0 aliphatic rings. The Balaban J connectivity index is 1.64. The van der Waals surface area contributed by atoms with Crippen LogP contribution in [0.2, 0.25) is 10.0 Å². The molecule has 6 nitrogen and oxygen atoms in total. The minimum atomic E-state index is -0.615. The summed E-state index contributed by atoms with van der Waals surface area (Å²) in [7, 11) is 0. The first kappa shape index (κ1) is 22.3. The quantitative estimate of drug-likeness (QED) is 0.442. The van der Waals surface area contributed by atoms with Gasteiger partial charge in [-0.2, -0.15) is 0 Å². The topological polar surface area (TPSA) is 73.1 Å². The maximum absolute atomic E-state index is 13.2. The van der Waals surface area contributed by atoms with E-state index in [0.29, 0.717) is 26.4 Å². The van der Waals surface area contributed by atoms with Crippen LogP contribution in [0.4, 0.5) is 4.39 Å². The number of halogens is 3. The van der Waals surface area contributed by atoms with Gasteiger partial charge in [-0.05, 0) is 40.8 Å². The lowest BCUT2D eigenvalue weighted by Crippen LogP contribution is -2.42. The summed E-state index contributed by atoms with van der Waals surface area (Å²) in [5, 5.41) is 4.99. The smallest absolute Gasteiger partial charge is 0.332 e. The minimum absolute atomic E-state index is 0.0159. The Morgan fingerprint density at radius 3 is 2.53 bits per heavy atom. The van der Waals surface area contributed by atoms with Crippen molar-refractivity contribution in [3.8, 4) is 0 Å². The summed E-state index contributed by atoms with van der Waals surface area (Å²) in [5.41, 5.74) is 0.491. The Labute approximate surface area is 195 Å². The fraction of sp³-hybridized carbons (Fsp3) is 0.136. The Bertz CT molecular complexity index is 1440. The largest absolute Gasteiger partial charge is 0.350 e. The minimum Gasteiger partial charge on any atom is -0.350 e. The highest BCUT2D eigenvalue weighted by molar-refractivity contribution is 7.17. The van der Waals surface area contributed by atoms with Crippen molar-refractivity contribution in [2.45, 2.75) is 19.6 Å². The zero-order valence-corrected chi connectivity index (χ0v) is 18.8. The molecule has 2 heterocycles. The van der Waals surface area contributed by atoms with Gasteiger partial charge in [0.1, 0.15) is 17.1 Å². The first-order chi connectivity index (χ1) is 15.3. The van der Waals surface area contributed by atoms with Gasteiger partial charge in [-0.1, -0.05) is 47.5 Å². The third-order valence-electron chi connectivity index (χ3n) is 4.92. The van der Waals surface area contributed by atoms with E-state index in [0.717, 1.165) is 10.6 Å². The number of nitrogens with one attached hydrogen (secondary N) is 1. The van der Waals surface area contributed by atoms with Gasteiger partial charge in [-0.15, -0.1) is 11.3 Å². The van der Waals surface area contributed by atoms with Gasteiger partial charge in [0.05, 0.1) is 12.1 Å².